The van der Waals surface area contributed by atoms with Crippen LogP contribution in [-0.2, 0) is 17.6 Å². The summed E-state index contributed by atoms with van der Waals surface area (Å²) in [4.78, 5) is 0. The average Bonchev–Trinajstić information content (AvgIpc) is 2.83. The molecule has 4 heteroatoms. The SMILES string of the molecule is CCOC(C(C)C)C(O)Cc1cc(Cl)cc2c1OCC2. The highest BCUT2D eigenvalue weighted by Gasteiger charge is 2.26. The van der Waals surface area contributed by atoms with Crippen LogP contribution in [0.4, 0.5) is 0 Å². The number of aliphatic hydroxyl groups excluding tert-OH is 1. The standard InChI is InChI=1S/C16H23ClO3/c1-4-19-15(10(2)3)14(18)9-12-8-13(17)7-11-5-6-20-16(11)12/h7-8,10,14-15,18H,4-6,9H2,1-3H3. The van der Waals surface area contributed by atoms with Crippen molar-refractivity contribution in [2.24, 2.45) is 5.92 Å². The van der Waals surface area contributed by atoms with Crippen molar-refractivity contribution in [1.29, 1.82) is 0 Å². The van der Waals surface area contributed by atoms with Gasteiger partial charge in [0.05, 0.1) is 18.8 Å². The highest BCUT2D eigenvalue weighted by Crippen LogP contribution is 2.34. The zero-order chi connectivity index (χ0) is 14.7. The van der Waals surface area contributed by atoms with Gasteiger partial charge in [0, 0.05) is 24.5 Å². The van der Waals surface area contributed by atoms with Gasteiger partial charge in [-0.1, -0.05) is 25.4 Å². The fourth-order valence-corrected chi connectivity index (χ4v) is 3.04. The summed E-state index contributed by atoms with van der Waals surface area (Å²) >= 11 is 6.15. The van der Waals surface area contributed by atoms with E-state index >= 15 is 0 Å². The van der Waals surface area contributed by atoms with E-state index in [1.807, 2.05) is 19.1 Å². The molecule has 2 atom stereocenters. The average molecular weight is 299 g/mol. The molecule has 0 aromatic heterocycles. The van der Waals surface area contributed by atoms with Gasteiger partial charge in [-0.15, -0.1) is 0 Å². The molecule has 3 nitrogen and oxygen atoms in total. The molecule has 1 aliphatic rings. The highest BCUT2D eigenvalue weighted by atomic mass is 35.5. The maximum atomic E-state index is 10.5. The molecule has 1 heterocycles. The van der Waals surface area contributed by atoms with E-state index in [1.54, 1.807) is 0 Å². The maximum absolute atomic E-state index is 10.5. The number of ether oxygens (including phenoxy) is 2. The summed E-state index contributed by atoms with van der Waals surface area (Å²) in [6.07, 6.45) is 0.668. The quantitative estimate of drug-likeness (QED) is 0.876. The summed E-state index contributed by atoms with van der Waals surface area (Å²) < 4.78 is 11.3. The fraction of sp³-hybridized carbons (Fsp3) is 0.625. The van der Waals surface area contributed by atoms with Gasteiger partial charge in [-0.25, -0.2) is 0 Å². The van der Waals surface area contributed by atoms with Crippen LogP contribution < -0.4 is 4.74 Å². The Balaban J connectivity index is 2.17. The number of fused-ring (bicyclic) bond motifs is 1. The lowest BCUT2D eigenvalue weighted by Gasteiger charge is -2.26. The van der Waals surface area contributed by atoms with Gasteiger partial charge in [0.1, 0.15) is 5.75 Å². The molecule has 112 valence electrons. The van der Waals surface area contributed by atoms with Gasteiger partial charge < -0.3 is 14.6 Å². The van der Waals surface area contributed by atoms with Gasteiger partial charge in [-0.2, -0.15) is 0 Å². The summed E-state index contributed by atoms with van der Waals surface area (Å²) in [6.45, 7) is 7.36. The van der Waals surface area contributed by atoms with Crippen molar-refractivity contribution in [3.05, 3.63) is 28.3 Å². The normalized spacial score (nSPS) is 16.9. The molecule has 0 saturated carbocycles. The molecule has 2 unspecified atom stereocenters. The molecule has 0 spiro atoms. The largest absolute Gasteiger partial charge is 0.493 e. The lowest BCUT2D eigenvalue weighted by Crippen LogP contribution is -2.35. The predicted octanol–water partition coefficient (Wildman–Crippen LogP) is 3.24. The Bertz CT molecular complexity index is 459. The van der Waals surface area contributed by atoms with E-state index < -0.39 is 6.10 Å². The van der Waals surface area contributed by atoms with Crippen molar-refractivity contribution in [2.75, 3.05) is 13.2 Å². The molecule has 0 amide bonds. The van der Waals surface area contributed by atoms with Crippen LogP contribution in [0.5, 0.6) is 5.75 Å². The first kappa shape index (κ1) is 15.6. The predicted molar refractivity (Wildman–Crippen MR) is 80.6 cm³/mol. The van der Waals surface area contributed by atoms with E-state index in [0.717, 1.165) is 23.3 Å². The van der Waals surface area contributed by atoms with Crippen LogP contribution in [0.2, 0.25) is 5.02 Å². The second kappa shape index (κ2) is 6.79. The van der Waals surface area contributed by atoms with Crippen LogP contribution in [0.3, 0.4) is 0 Å². The monoisotopic (exact) mass is 298 g/mol. The van der Waals surface area contributed by atoms with Crippen LogP contribution in [0.1, 0.15) is 31.9 Å². The second-order valence-electron chi connectivity index (χ2n) is 5.59. The Labute approximate surface area is 125 Å². The van der Waals surface area contributed by atoms with Crippen molar-refractivity contribution in [3.8, 4) is 5.75 Å². The highest BCUT2D eigenvalue weighted by molar-refractivity contribution is 6.30. The van der Waals surface area contributed by atoms with Gasteiger partial charge in [0.15, 0.2) is 0 Å². The Morgan fingerprint density at radius 1 is 1.40 bits per heavy atom. The minimum absolute atomic E-state index is 0.170. The lowest BCUT2D eigenvalue weighted by atomic mass is 9.95. The third kappa shape index (κ3) is 3.46. The van der Waals surface area contributed by atoms with Gasteiger partial charge in [-0.05, 0) is 36.1 Å². The van der Waals surface area contributed by atoms with E-state index in [4.69, 9.17) is 21.1 Å². The van der Waals surface area contributed by atoms with E-state index in [-0.39, 0.29) is 12.0 Å². The zero-order valence-electron chi connectivity index (χ0n) is 12.4. The van der Waals surface area contributed by atoms with Crippen molar-refractivity contribution < 1.29 is 14.6 Å². The number of halogens is 1. The molecule has 0 aliphatic carbocycles. The minimum Gasteiger partial charge on any atom is -0.493 e. The van der Waals surface area contributed by atoms with Gasteiger partial charge in [0.2, 0.25) is 0 Å². The molecule has 1 aromatic carbocycles. The molecule has 1 N–H and O–H groups in total. The number of rotatable bonds is 6. The third-order valence-electron chi connectivity index (χ3n) is 3.65. The van der Waals surface area contributed by atoms with Gasteiger partial charge in [-0.3, -0.25) is 0 Å². The van der Waals surface area contributed by atoms with Crippen LogP contribution in [0.25, 0.3) is 0 Å². The Morgan fingerprint density at radius 2 is 2.15 bits per heavy atom. The molecule has 2 rings (SSSR count). The molecule has 0 fully saturated rings. The zero-order valence-corrected chi connectivity index (χ0v) is 13.1. The summed E-state index contributed by atoms with van der Waals surface area (Å²) in [5, 5.41) is 11.2. The maximum Gasteiger partial charge on any atom is 0.126 e. The Kier molecular flexibility index (Phi) is 5.30. The fourth-order valence-electron chi connectivity index (χ4n) is 2.78. The van der Waals surface area contributed by atoms with E-state index in [0.29, 0.717) is 24.7 Å². The summed E-state index contributed by atoms with van der Waals surface area (Å²) in [6, 6.07) is 3.83. The van der Waals surface area contributed by atoms with Crippen molar-refractivity contribution in [2.45, 2.75) is 45.8 Å². The molecule has 0 radical (unpaired) electrons. The molecule has 0 bridgehead atoms. The van der Waals surface area contributed by atoms with E-state index in [2.05, 4.69) is 13.8 Å². The number of aliphatic hydroxyl groups is 1. The first-order chi connectivity index (χ1) is 9.52. The molecule has 1 aliphatic heterocycles. The van der Waals surface area contributed by atoms with Crippen LogP contribution in [-0.4, -0.2) is 30.5 Å². The minimum atomic E-state index is -0.554. The van der Waals surface area contributed by atoms with Gasteiger partial charge >= 0.3 is 0 Å². The van der Waals surface area contributed by atoms with Crippen LogP contribution in [0.15, 0.2) is 12.1 Å². The number of hydrogen-bond acceptors (Lipinski definition) is 3. The van der Waals surface area contributed by atoms with Crippen molar-refractivity contribution in [3.63, 3.8) is 0 Å². The summed E-state index contributed by atoms with van der Waals surface area (Å²) in [5.41, 5.74) is 2.11. The van der Waals surface area contributed by atoms with E-state index in [9.17, 15) is 5.11 Å². The molecule has 0 saturated heterocycles. The van der Waals surface area contributed by atoms with Gasteiger partial charge in [0.25, 0.3) is 0 Å². The van der Waals surface area contributed by atoms with E-state index in [1.165, 1.54) is 0 Å². The lowest BCUT2D eigenvalue weighted by molar-refractivity contribution is -0.0563. The molecule has 20 heavy (non-hydrogen) atoms. The Morgan fingerprint density at radius 3 is 2.80 bits per heavy atom. The van der Waals surface area contributed by atoms with Crippen molar-refractivity contribution >= 4 is 11.6 Å². The molecular weight excluding hydrogens is 276 g/mol. The summed E-state index contributed by atoms with van der Waals surface area (Å²) in [5.74, 6) is 1.16. The molecule has 1 aromatic rings. The van der Waals surface area contributed by atoms with Crippen molar-refractivity contribution in [1.82, 2.24) is 0 Å². The summed E-state index contributed by atoms with van der Waals surface area (Å²) in [7, 11) is 0. The number of benzene rings is 1. The smallest absolute Gasteiger partial charge is 0.126 e. The number of hydrogen-bond donors (Lipinski definition) is 1. The Hall–Kier alpha value is -0.770. The first-order valence-electron chi connectivity index (χ1n) is 7.26. The third-order valence-corrected chi connectivity index (χ3v) is 3.87. The molecular formula is C16H23ClO3. The topological polar surface area (TPSA) is 38.7 Å². The van der Waals surface area contributed by atoms with Crippen LogP contribution in [0, 0.1) is 5.92 Å². The first-order valence-corrected chi connectivity index (χ1v) is 7.64. The second-order valence-corrected chi connectivity index (χ2v) is 6.02. The van der Waals surface area contributed by atoms with Crippen LogP contribution >= 0.6 is 11.6 Å².